The fourth-order valence-electron chi connectivity index (χ4n) is 3.16. The van der Waals surface area contributed by atoms with Gasteiger partial charge in [-0.3, -0.25) is 9.31 Å². The first kappa shape index (κ1) is 19.0. The van der Waals surface area contributed by atoms with Gasteiger partial charge in [0.25, 0.3) is 0 Å². The van der Waals surface area contributed by atoms with Crippen LogP contribution in [0.3, 0.4) is 0 Å². The van der Waals surface area contributed by atoms with E-state index in [1.165, 1.54) is 0 Å². The van der Waals surface area contributed by atoms with Gasteiger partial charge >= 0.3 is 7.33 Å². The average Bonchev–Trinajstić information content (AvgIpc) is 3.04. The molecule has 0 fully saturated rings. The van der Waals surface area contributed by atoms with Gasteiger partial charge in [-0.1, -0.05) is 5.11 Å². The molecule has 0 unspecified atom stereocenters. The molecule has 0 radical (unpaired) electrons. The Hall–Kier alpha value is -2.31. The summed E-state index contributed by atoms with van der Waals surface area (Å²) in [5.74, 6) is 0. The van der Waals surface area contributed by atoms with E-state index in [9.17, 15) is 4.32 Å². The van der Waals surface area contributed by atoms with Crippen molar-refractivity contribution in [3.63, 3.8) is 0 Å². The fraction of sp³-hybridized carbons (Fsp3) is 0.471. The van der Waals surface area contributed by atoms with Gasteiger partial charge in [0.1, 0.15) is 0 Å². The van der Waals surface area contributed by atoms with Crippen LogP contribution in [0.25, 0.3) is 16.0 Å². The van der Waals surface area contributed by atoms with E-state index in [1.807, 2.05) is 46.8 Å². The van der Waals surface area contributed by atoms with Crippen LogP contribution in [0.2, 0.25) is 0 Å². The molecule has 1 aliphatic rings. The molecule has 0 atom stereocenters. The van der Waals surface area contributed by atoms with Crippen molar-refractivity contribution in [1.82, 2.24) is 4.48 Å². The van der Waals surface area contributed by atoms with Gasteiger partial charge in [0.2, 0.25) is 0 Å². The molecule has 1 aliphatic heterocycles. The zero-order chi connectivity index (χ0) is 18.6. The second-order valence-electron chi connectivity index (χ2n) is 6.21. The summed E-state index contributed by atoms with van der Waals surface area (Å²) in [6.45, 7) is 10.2. The monoisotopic (exact) mass is 343 g/mol. The molecular weight excluding hydrogens is 320 g/mol. The smallest absolute Gasteiger partial charge is 0.388 e. The quantitative estimate of drug-likeness (QED) is 0.231. The van der Waals surface area contributed by atoms with Crippen molar-refractivity contribution in [3.8, 4) is 0 Å². The molecule has 8 heteroatoms. The van der Waals surface area contributed by atoms with E-state index in [0.29, 0.717) is 13.0 Å². The molecule has 1 aromatic heterocycles. The Morgan fingerprint density at radius 1 is 1.40 bits per heavy atom. The van der Waals surface area contributed by atoms with E-state index >= 15 is 0 Å². The molecule has 1 aromatic rings. The minimum atomic E-state index is -1.60. The van der Waals surface area contributed by atoms with Crippen LogP contribution in [0.4, 0.5) is 4.32 Å². The van der Waals surface area contributed by atoms with Gasteiger partial charge < -0.3 is 9.13 Å². The topological polar surface area (TPSA) is 75.3 Å². The molecular formula is C17H23BFN5O. The molecule has 0 N–H and O–H groups in total. The van der Waals surface area contributed by atoms with Gasteiger partial charge in [-0.2, -0.15) is 0 Å². The largest absolute Gasteiger partial charge is 0.637 e. The standard InChI is InChI=1S/C17H23BFN5O/c1-11-9-13(3)22-16(11)15(5)17-12(2)10-14(4)24(17)18(19)25-8-6-7-21-23-20/h9-10H,6-8H2,1-5H3/b16-15-. The second kappa shape index (κ2) is 8.18. The fourth-order valence-corrected chi connectivity index (χ4v) is 3.16. The molecule has 2 heterocycles. The highest BCUT2D eigenvalue weighted by Gasteiger charge is 2.27. The van der Waals surface area contributed by atoms with E-state index in [0.717, 1.165) is 39.5 Å². The van der Waals surface area contributed by atoms with Gasteiger partial charge in [0, 0.05) is 35.2 Å². The highest BCUT2D eigenvalue weighted by Crippen LogP contribution is 2.32. The number of aromatic nitrogens is 1. The van der Waals surface area contributed by atoms with Crippen molar-refractivity contribution in [2.45, 2.75) is 41.0 Å². The molecule has 2 rings (SSSR count). The lowest BCUT2D eigenvalue weighted by atomic mass is 10.0. The van der Waals surface area contributed by atoms with E-state index in [4.69, 9.17) is 10.2 Å². The number of rotatable bonds is 7. The molecule has 0 spiro atoms. The summed E-state index contributed by atoms with van der Waals surface area (Å²) < 4.78 is 21.6. The maximum Gasteiger partial charge on any atom is 0.637 e. The number of hydrogen-bond donors (Lipinski definition) is 0. The third-order valence-corrected chi connectivity index (χ3v) is 4.14. The highest BCUT2D eigenvalue weighted by atomic mass is 19.1. The van der Waals surface area contributed by atoms with E-state index in [-0.39, 0.29) is 6.61 Å². The molecule has 0 aromatic carbocycles. The van der Waals surface area contributed by atoms with E-state index < -0.39 is 7.33 Å². The van der Waals surface area contributed by atoms with Crippen molar-refractivity contribution in [2.75, 3.05) is 13.2 Å². The number of allylic oxidation sites excluding steroid dienone is 3. The van der Waals surface area contributed by atoms with Crippen molar-refractivity contribution in [1.29, 1.82) is 0 Å². The number of hydrogen-bond acceptors (Lipinski definition) is 3. The van der Waals surface area contributed by atoms with Gasteiger partial charge in [0.15, 0.2) is 0 Å². The zero-order valence-corrected chi connectivity index (χ0v) is 15.4. The lowest BCUT2D eigenvalue weighted by molar-refractivity contribution is 0.278. The SMILES string of the molecule is CC1=CC(C)=N/C1=C(/C)c1c(C)cc(C)n1B(F)OCCCN=[N+]=[N-]. The number of nitrogens with zero attached hydrogens (tertiary/aromatic N) is 5. The number of halogens is 1. The van der Waals surface area contributed by atoms with Gasteiger partial charge in [-0.15, -0.1) is 0 Å². The highest BCUT2D eigenvalue weighted by molar-refractivity contribution is 6.42. The summed E-state index contributed by atoms with van der Waals surface area (Å²) in [5.41, 5.74) is 14.7. The number of aryl methyl sites for hydroxylation is 2. The third kappa shape index (κ3) is 4.21. The Morgan fingerprint density at radius 3 is 2.72 bits per heavy atom. The summed E-state index contributed by atoms with van der Waals surface area (Å²) in [6, 6.07) is 1.94. The first-order chi connectivity index (χ1) is 11.9. The molecule has 0 bridgehead atoms. The maximum absolute atomic E-state index is 14.8. The van der Waals surface area contributed by atoms with Gasteiger partial charge in [0.05, 0.1) is 5.70 Å². The lowest BCUT2D eigenvalue weighted by Gasteiger charge is -2.16. The van der Waals surface area contributed by atoms with Crippen LogP contribution in [0.15, 0.2) is 33.5 Å². The Balaban J connectivity index is 2.30. The summed E-state index contributed by atoms with van der Waals surface area (Å²) >= 11 is 0. The van der Waals surface area contributed by atoms with Crippen molar-refractivity contribution < 1.29 is 8.97 Å². The van der Waals surface area contributed by atoms with Crippen LogP contribution in [0.5, 0.6) is 0 Å². The lowest BCUT2D eigenvalue weighted by Crippen LogP contribution is -2.27. The van der Waals surface area contributed by atoms with Crippen LogP contribution >= 0.6 is 0 Å². The molecule has 25 heavy (non-hydrogen) atoms. The van der Waals surface area contributed by atoms with E-state index in [2.05, 4.69) is 15.0 Å². The zero-order valence-electron chi connectivity index (χ0n) is 15.4. The summed E-state index contributed by atoms with van der Waals surface area (Å²) in [4.78, 5) is 7.24. The predicted octanol–water partition coefficient (Wildman–Crippen LogP) is 4.78. The molecule has 0 saturated heterocycles. The summed E-state index contributed by atoms with van der Waals surface area (Å²) in [6.07, 6.45) is 2.50. The third-order valence-electron chi connectivity index (χ3n) is 4.14. The van der Waals surface area contributed by atoms with E-state index in [1.54, 1.807) is 4.48 Å². The van der Waals surface area contributed by atoms with Crippen LogP contribution in [0.1, 0.15) is 44.1 Å². The molecule has 0 aliphatic carbocycles. The normalized spacial score (nSPS) is 15.6. The average molecular weight is 343 g/mol. The molecule has 0 saturated carbocycles. The summed E-state index contributed by atoms with van der Waals surface area (Å²) in [5, 5.41) is 3.42. The van der Waals surface area contributed by atoms with Crippen molar-refractivity contribution >= 4 is 18.6 Å². The Bertz CT molecular complexity index is 802. The molecule has 132 valence electrons. The minimum absolute atomic E-state index is 0.183. The Kier molecular flexibility index (Phi) is 6.23. The van der Waals surface area contributed by atoms with Crippen LogP contribution < -0.4 is 0 Å². The van der Waals surface area contributed by atoms with Crippen LogP contribution in [-0.4, -0.2) is 30.7 Å². The maximum atomic E-state index is 14.8. The molecule has 6 nitrogen and oxygen atoms in total. The minimum Gasteiger partial charge on any atom is -0.388 e. The number of azide groups is 1. The van der Waals surface area contributed by atoms with Gasteiger partial charge in [-0.25, -0.2) is 0 Å². The van der Waals surface area contributed by atoms with Gasteiger partial charge in [-0.05, 0) is 75.4 Å². The predicted molar refractivity (Wildman–Crippen MR) is 100 cm³/mol. The first-order valence-corrected chi connectivity index (χ1v) is 8.27. The van der Waals surface area contributed by atoms with Crippen LogP contribution in [-0.2, 0) is 4.65 Å². The molecule has 0 amide bonds. The van der Waals surface area contributed by atoms with Crippen molar-refractivity contribution in [3.05, 3.63) is 50.8 Å². The Labute approximate surface area is 147 Å². The van der Waals surface area contributed by atoms with Crippen molar-refractivity contribution in [2.24, 2.45) is 10.1 Å². The second-order valence-corrected chi connectivity index (χ2v) is 6.21. The number of aliphatic imine (C=N–C) groups is 1. The first-order valence-electron chi connectivity index (χ1n) is 8.27. The Morgan fingerprint density at radius 2 is 2.12 bits per heavy atom. The van der Waals surface area contributed by atoms with Crippen LogP contribution in [0, 0.1) is 13.8 Å². The summed E-state index contributed by atoms with van der Waals surface area (Å²) in [7, 11) is -1.60.